The van der Waals surface area contributed by atoms with E-state index >= 15 is 0 Å². The zero-order chi connectivity index (χ0) is 9.84. The Labute approximate surface area is 89.6 Å². The van der Waals surface area contributed by atoms with Gasteiger partial charge in [-0.1, -0.05) is 49.3 Å². The van der Waals surface area contributed by atoms with Crippen LogP contribution in [0.2, 0.25) is 0 Å². The van der Waals surface area contributed by atoms with Crippen LogP contribution in [0.1, 0.15) is 40.5 Å². The molecule has 0 saturated carbocycles. The van der Waals surface area contributed by atoms with Crippen LogP contribution in [0.4, 0.5) is 0 Å². The molecule has 0 amide bonds. The Hall–Kier alpha value is 0.180. The van der Waals surface area contributed by atoms with Gasteiger partial charge in [-0.15, -0.1) is 0 Å². The molecule has 0 fully saturated rings. The van der Waals surface area contributed by atoms with E-state index in [4.69, 9.17) is 0 Å². The van der Waals surface area contributed by atoms with E-state index in [1.165, 1.54) is 12.8 Å². The molecule has 0 N–H and O–H groups in total. The first kappa shape index (κ1) is 11.3. The Morgan fingerprint density at radius 2 is 1.92 bits per heavy atom. The normalized spacial score (nSPS) is 18.1. The molecule has 0 radical (unpaired) electrons. The maximum absolute atomic E-state index is 2.31. The van der Waals surface area contributed by atoms with Gasteiger partial charge in [0.25, 0.3) is 0 Å². The first-order valence-electron chi connectivity index (χ1n) is 4.96. The van der Waals surface area contributed by atoms with Crippen molar-refractivity contribution in [2.75, 3.05) is 0 Å². The van der Waals surface area contributed by atoms with E-state index in [-0.39, 0.29) is 0 Å². The van der Waals surface area contributed by atoms with E-state index in [1.807, 2.05) is 21.6 Å². The zero-order valence-electron chi connectivity index (χ0n) is 8.89. The molecular weight excluding hydrogens is 196 g/mol. The fourth-order valence-electron chi connectivity index (χ4n) is 1.56. The second-order valence-electron chi connectivity index (χ2n) is 3.53. The number of hydrogen-bond donors (Lipinski definition) is 0. The average Bonchev–Trinajstić information content (AvgIpc) is 2.16. The molecule has 0 aromatic heterocycles. The summed E-state index contributed by atoms with van der Waals surface area (Å²) in [6, 6.07) is 0. The van der Waals surface area contributed by atoms with Crippen molar-refractivity contribution >= 4 is 21.6 Å². The Morgan fingerprint density at radius 1 is 1.23 bits per heavy atom. The third-order valence-corrected chi connectivity index (χ3v) is 4.76. The molecule has 1 aliphatic heterocycles. The summed E-state index contributed by atoms with van der Waals surface area (Å²) in [4.78, 5) is 1.59. The van der Waals surface area contributed by atoms with E-state index in [0.717, 1.165) is 0 Å². The molecule has 1 rings (SSSR count). The molecule has 0 aromatic carbocycles. The lowest BCUT2D eigenvalue weighted by atomic mass is 9.98. The molecule has 74 valence electrons. The molecule has 13 heavy (non-hydrogen) atoms. The van der Waals surface area contributed by atoms with E-state index < -0.39 is 0 Å². The monoisotopic (exact) mass is 214 g/mol. The summed E-state index contributed by atoms with van der Waals surface area (Å²) in [5, 5.41) is 2.31. The van der Waals surface area contributed by atoms with Crippen LogP contribution in [-0.2, 0) is 0 Å². The number of hydrogen-bond acceptors (Lipinski definition) is 2. The summed E-state index contributed by atoms with van der Waals surface area (Å²) in [6.07, 6.45) is 2.35. The van der Waals surface area contributed by atoms with E-state index in [9.17, 15) is 0 Å². The van der Waals surface area contributed by atoms with Gasteiger partial charge in [0.05, 0.1) is 0 Å². The van der Waals surface area contributed by atoms with E-state index in [2.05, 4.69) is 33.1 Å². The minimum atomic E-state index is 0.683. The molecule has 1 aliphatic rings. The molecule has 0 spiro atoms. The fourth-order valence-corrected chi connectivity index (χ4v) is 4.38. The molecule has 0 bridgehead atoms. The maximum Gasteiger partial charge on any atom is 0.00216 e. The third-order valence-electron chi connectivity index (χ3n) is 2.27. The van der Waals surface area contributed by atoms with Crippen molar-refractivity contribution in [1.29, 1.82) is 0 Å². The quantitative estimate of drug-likeness (QED) is 0.607. The van der Waals surface area contributed by atoms with Crippen molar-refractivity contribution in [3.63, 3.8) is 0 Å². The largest absolute Gasteiger partial charge is 0.0613 e. The first-order valence-corrected chi connectivity index (χ1v) is 7.17. The zero-order valence-corrected chi connectivity index (χ0v) is 10.5. The van der Waals surface area contributed by atoms with E-state index in [1.54, 1.807) is 16.1 Å². The Bertz CT molecular complexity index is 236. The van der Waals surface area contributed by atoms with Crippen LogP contribution in [0.25, 0.3) is 0 Å². The van der Waals surface area contributed by atoms with Crippen LogP contribution < -0.4 is 0 Å². The maximum atomic E-state index is 2.31. The van der Waals surface area contributed by atoms with Gasteiger partial charge in [0.2, 0.25) is 0 Å². The molecule has 0 saturated heterocycles. The highest BCUT2D eigenvalue weighted by Crippen LogP contribution is 2.46. The SMILES string of the molecule is CCC1=CSSC(C(C)C)=C1CC. The summed E-state index contributed by atoms with van der Waals surface area (Å²) in [6.45, 7) is 9.09. The highest BCUT2D eigenvalue weighted by molar-refractivity contribution is 8.79. The summed E-state index contributed by atoms with van der Waals surface area (Å²) in [7, 11) is 3.82. The second-order valence-corrected chi connectivity index (χ2v) is 5.64. The summed E-state index contributed by atoms with van der Waals surface area (Å²) in [5.74, 6) is 0.683. The Balaban J connectivity index is 2.97. The second kappa shape index (κ2) is 5.16. The van der Waals surface area contributed by atoms with Crippen LogP contribution in [-0.4, -0.2) is 0 Å². The predicted molar refractivity (Wildman–Crippen MR) is 65.7 cm³/mol. The fraction of sp³-hybridized carbons (Fsp3) is 0.636. The molecule has 2 heteroatoms. The smallest absolute Gasteiger partial charge is 0.00216 e. The first-order chi connectivity index (χ1) is 6.20. The average molecular weight is 214 g/mol. The van der Waals surface area contributed by atoms with Gasteiger partial charge < -0.3 is 0 Å². The molecule has 0 aromatic rings. The van der Waals surface area contributed by atoms with Crippen LogP contribution in [0.15, 0.2) is 21.5 Å². The van der Waals surface area contributed by atoms with Crippen molar-refractivity contribution in [2.24, 2.45) is 5.92 Å². The minimum Gasteiger partial charge on any atom is -0.0613 e. The molecule has 1 heterocycles. The molecule has 0 unspecified atom stereocenters. The van der Waals surface area contributed by atoms with Gasteiger partial charge in [-0.3, -0.25) is 0 Å². The standard InChI is InChI=1S/C11H18S2/c1-5-9-7-12-13-11(8(3)4)10(9)6-2/h7-8H,5-6H2,1-4H3. The lowest BCUT2D eigenvalue weighted by Gasteiger charge is -2.21. The number of rotatable bonds is 3. The van der Waals surface area contributed by atoms with Crippen molar-refractivity contribution in [3.8, 4) is 0 Å². The highest BCUT2D eigenvalue weighted by Gasteiger charge is 2.16. The van der Waals surface area contributed by atoms with Gasteiger partial charge in [-0.2, -0.15) is 0 Å². The summed E-state index contributed by atoms with van der Waals surface area (Å²) >= 11 is 0. The van der Waals surface area contributed by atoms with Crippen LogP contribution in [0, 0.1) is 5.92 Å². The Morgan fingerprint density at radius 3 is 2.38 bits per heavy atom. The lowest BCUT2D eigenvalue weighted by Crippen LogP contribution is -2.00. The van der Waals surface area contributed by atoms with Gasteiger partial charge in [0, 0.05) is 4.91 Å². The van der Waals surface area contributed by atoms with Crippen LogP contribution in [0.5, 0.6) is 0 Å². The highest BCUT2D eigenvalue weighted by atomic mass is 33.1. The van der Waals surface area contributed by atoms with Crippen LogP contribution in [0.3, 0.4) is 0 Å². The van der Waals surface area contributed by atoms with Crippen molar-refractivity contribution < 1.29 is 0 Å². The van der Waals surface area contributed by atoms with E-state index in [0.29, 0.717) is 5.92 Å². The number of allylic oxidation sites excluding steroid dienone is 3. The Kier molecular flexibility index (Phi) is 4.47. The molecule has 0 aliphatic carbocycles. The van der Waals surface area contributed by atoms with Gasteiger partial charge in [-0.05, 0) is 35.3 Å². The molecular formula is C11H18S2. The molecule has 0 nitrogen and oxygen atoms in total. The third kappa shape index (κ3) is 2.57. The van der Waals surface area contributed by atoms with Gasteiger partial charge in [0.1, 0.15) is 0 Å². The topological polar surface area (TPSA) is 0 Å². The van der Waals surface area contributed by atoms with Crippen molar-refractivity contribution in [2.45, 2.75) is 40.5 Å². The molecule has 0 atom stereocenters. The summed E-state index contributed by atoms with van der Waals surface area (Å²) in [5.41, 5.74) is 3.15. The lowest BCUT2D eigenvalue weighted by molar-refractivity contribution is 0.797. The van der Waals surface area contributed by atoms with Gasteiger partial charge in [-0.25, -0.2) is 0 Å². The van der Waals surface area contributed by atoms with Crippen molar-refractivity contribution in [1.82, 2.24) is 0 Å². The van der Waals surface area contributed by atoms with Gasteiger partial charge in [0.15, 0.2) is 0 Å². The summed E-state index contributed by atoms with van der Waals surface area (Å²) < 4.78 is 0. The van der Waals surface area contributed by atoms with Gasteiger partial charge >= 0.3 is 0 Å². The predicted octanol–water partition coefficient (Wildman–Crippen LogP) is 5.00. The van der Waals surface area contributed by atoms with Crippen molar-refractivity contribution in [3.05, 3.63) is 21.5 Å². The minimum absolute atomic E-state index is 0.683. The van der Waals surface area contributed by atoms with Crippen LogP contribution >= 0.6 is 21.6 Å².